The Hall–Kier alpha value is -1.03. The lowest BCUT2D eigenvalue weighted by molar-refractivity contribution is -0.0377. The van der Waals surface area contributed by atoms with E-state index in [4.69, 9.17) is 4.74 Å². The van der Waals surface area contributed by atoms with E-state index >= 15 is 0 Å². The van der Waals surface area contributed by atoms with Crippen LogP contribution in [0.25, 0.3) is 0 Å². The summed E-state index contributed by atoms with van der Waals surface area (Å²) in [6, 6.07) is 0. The first-order chi connectivity index (χ1) is 7.61. The molecule has 0 amide bonds. The average Bonchev–Trinajstić information content (AvgIpc) is 2.59. The van der Waals surface area contributed by atoms with Crippen LogP contribution >= 0.6 is 0 Å². The number of fused-ring (bicyclic) bond motifs is 1. The number of hydrogen-bond donors (Lipinski definition) is 2. The Morgan fingerprint density at radius 3 is 2.81 bits per heavy atom. The molecule has 1 aliphatic rings. The monoisotopic (exact) mass is 224 g/mol. The number of aromatic amines is 2. The fraction of sp³-hybridized carbons (Fsp3) is 0.750. The van der Waals surface area contributed by atoms with Gasteiger partial charge in [-0.15, -0.1) is 0 Å². The molecule has 2 heterocycles. The third-order valence-electron chi connectivity index (χ3n) is 3.15. The maximum absolute atomic E-state index is 11.7. The molecule has 2 N–H and O–H groups in total. The van der Waals surface area contributed by atoms with E-state index in [0.717, 1.165) is 30.5 Å². The highest BCUT2D eigenvalue weighted by molar-refractivity contribution is 5.23. The van der Waals surface area contributed by atoms with Crippen molar-refractivity contribution < 1.29 is 4.74 Å². The number of hydrogen-bond acceptors (Lipinski definition) is 2. The number of rotatable bonds is 3. The van der Waals surface area contributed by atoms with Gasteiger partial charge in [-0.2, -0.15) is 0 Å². The zero-order valence-electron chi connectivity index (χ0n) is 10.2. The number of ether oxygens (including phenoxy) is 1. The van der Waals surface area contributed by atoms with E-state index in [1.165, 1.54) is 0 Å². The molecular weight excluding hydrogens is 204 g/mol. The zero-order chi connectivity index (χ0) is 11.7. The SMILES string of the molecule is CC[C@@H]1Cc2[nH][nH]c(=O)c2[C@H](CC(C)C)O1. The van der Waals surface area contributed by atoms with Crippen molar-refractivity contribution in [2.24, 2.45) is 5.92 Å². The summed E-state index contributed by atoms with van der Waals surface area (Å²) < 4.78 is 5.97. The number of aromatic nitrogens is 2. The van der Waals surface area contributed by atoms with E-state index < -0.39 is 0 Å². The lowest BCUT2D eigenvalue weighted by atomic mass is 9.94. The summed E-state index contributed by atoms with van der Waals surface area (Å²) in [4.78, 5) is 11.7. The Morgan fingerprint density at radius 1 is 1.44 bits per heavy atom. The van der Waals surface area contributed by atoms with Crippen LogP contribution in [0.2, 0.25) is 0 Å². The van der Waals surface area contributed by atoms with Gasteiger partial charge in [0, 0.05) is 12.1 Å². The molecule has 90 valence electrons. The van der Waals surface area contributed by atoms with Gasteiger partial charge >= 0.3 is 0 Å². The highest BCUT2D eigenvalue weighted by Gasteiger charge is 2.30. The van der Waals surface area contributed by atoms with Crippen molar-refractivity contribution >= 4 is 0 Å². The van der Waals surface area contributed by atoms with Crippen LogP contribution in [0.4, 0.5) is 0 Å². The van der Waals surface area contributed by atoms with Crippen LogP contribution < -0.4 is 5.56 Å². The molecule has 0 bridgehead atoms. The molecule has 1 aliphatic heterocycles. The minimum atomic E-state index is -0.0382. The predicted molar refractivity (Wildman–Crippen MR) is 62.5 cm³/mol. The summed E-state index contributed by atoms with van der Waals surface area (Å²) in [7, 11) is 0. The third-order valence-corrected chi connectivity index (χ3v) is 3.15. The maximum atomic E-state index is 11.7. The topological polar surface area (TPSA) is 57.9 Å². The molecule has 0 saturated heterocycles. The van der Waals surface area contributed by atoms with Crippen LogP contribution in [0.3, 0.4) is 0 Å². The second kappa shape index (κ2) is 4.45. The van der Waals surface area contributed by atoms with Crippen LogP contribution in [-0.4, -0.2) is 16.3 Å². The second-order valence-electron chi connectivity index (χ2n) is 4.96. The molecule has 4 nitrogen and oxygen atoms in total. The number of nitrogens with one attached hydrogen (secondary N) is 2. The van der Waals surface area contributed by atoms with Crippen LogP contribution in [0.15, 0.2) is 4.79 Å². The summed E-state index contributed by atoms with van der Waals surface area (Å²) >= 11 is 0. The molecule has 0 saturated carbocycles. The van der Waals surface area contributed by atoms with E-state index in [9.17, 15) is 4.79 Å². The Kier molecular flexibility index (Phi) is 3.19. The lowest BCUT2D eigenvalue weighted by Crippen LogP contribution is -2.29. The van der Waals surface area contributed by atoms with Gasteiger partial charge in [-0.05, 0) is 18.8 Å². The van der Waals surface area contributed by atoms with E-state index in [0.29, 0.717) is 5.92 Å². The van der Waals surface area contributed by atoms with Gasteiger partial charge in [0.25, 0.3) is 5.56 Å². The van der Waals surface area contributed by atoms with Crippen molar-refractivity contribution in [1.29, 1.82) is 0 Å². The summed E-state index contributed by atoms with van der Waals surface area (Å²) in [5.74, 6) is 0.530. The normalized spacial score (nSPS) is 24.8. The Bertz CT molecular complexity index is 405. The minimum Gasteiger partial charge on any atom is -0.370 e. The van der Waals surface area contributed by atoms with Crippen molar-refractivity contribution in [3.8, 4) is 0 Å². The highest BCUT2D eigenvalue weighted by atomic mass is 16.5. The van der Waals surface area contributed by atoms with Crippen molar-refractivity contribution in [3.63, 3.8) is 0 Å². The largest absolute Gasteiger partial charge is 0.370 e. The first-order valence-electron chi connectivity index (χ1n) is 6.06. The van der Waals surface area contributed by atoms with E-state index in [2.05, 4.69) is 31.0 Å². The van der Waals surface area contributed by atoms with Crippen LogP contribution in [-0.2, 0) is 11.2 Å². The third kappa shape index (κ3) is 2.07. The van der Waals surface area contributed by atoms with Crippen molar-refractivity contribution in [2.45, 2.75) is 52.2 Å². The molecule has 2 atom stereocenters. The van der Waals surface area contributed by atoms with Crippen molar-refractivity contribution in [1.82, 2.24) is 10.2 Å². The Balaban J connectivity index is 2.30. The summed E-state index contributed by atoms with van der Waals surface area (Å²) in [5, 5.41) is 5.64. The molecule has 0 spiro atoms. The van der Waals surface area contributed by atoms with E-state index in [1.54, 1.807) is 0 Å². The highest BCUT2D eigenvalue weighted by Crippen LogP contribution is 2.32. The minimum absolute atomic E-state index is 0.0183. The van der Waals surface area contributed by atoms with Crippen LogP contribution in [0.1, 0.15) is 51.0 Å². The van der Waals surface area contributed by atoms with Gasteiger partial charge in [-0.3, -0.25) is 9.89 Å². The summed E-state index contributed by atoms with van der Waals surface area (Å²) in [5.41, 5.74) is 1.84. The van der Waals surface area contributed by atoms with Gasteiger partial charge in [0.1, 0.15) is 0 Å². The maximum Gasteiger partial charge on any atom is 0.269 e. The molecule has 4 heteroatoms. The van der Waals surface area contributed by atoms with E-state index in [1.807, 2.05) is 0 Å². The average molecular weight is 224 g/mol. The van der Waals surface area contributed by atoms with Gasteiger partial charge in [0.05, 0.1) is 17.8 Å². The molecule has 2 rings (SSSR count). The number of H-pyrrole nitrogens is 2. The standard InChI is InChI=1S/C12H20N2O2/c1-4-8-6-9-11(12(15)14-13-9)10(16-8)5-7(2)3/h7-8,10H,4-6H2,1-3H3,(H2,13,14,15)/t8-,10+/m1/s1. The molecule has 0 fully saturated rings. The molecule has 0 aromatic carbocycles. The molecule has 1 aromatic heterocycles. The van der Waals surface area contributed by atoms with Gasteiger partial charge in [-0.25, -0.2) is 0 Å². The van der Waals surface area contributed by atoms with Gasteiger partial charge in [0.2, 0.25) is 0 Å². The fourth-order valence-electron chi connectivity index (χ4n) is 2.32. The predicted octanol–water partition coefficient (Wildman–Crippen LogP) is 2.14. The van der Waals surface area contributed by atoms with Gasteiger partial charge in [0.15, 0.2) is 0 Å². The lowest BCUT2D eigenvalue weighted by Gasteiger charge is -2.29. The van der Waals surface area contributed by atoms with Gasteiger partial charge < -0.3 is 9.84 Å². The summed E-state index contributed by atoms with van der Waals surface area (Å²) in [6.45, 7) is 6.42. The molecule has 16 heavy (non-hydrogen) atoms. The smallest absolute Gasteiger partial charge is 0.269 e. The fourth-order valence-corrected chi connectivity index (χ4v) is 2.32. The Morgan fingerprint density at radius 2 is 2.19 bits per heavy atom. The quantitative estimate of drug-likeness (QED) is 0.826. The molecular formula is C12H20N2O2. The second-order valence-corrected chi connectivity index (χ2v) is 4.96. The van der Waals surface area contributed by atoms with Crippen LogP contribution in [0.5, 0.6) is 0 Å². The summed E-state index contributed by atoms with van der Waals surface area (Å²) in [6.07, 6.45) is 2.91. The molecule has 0 radical (unpaired) electrons. The first-order valence-corrected chi connectivity index (χ1v) is 6.06. The van der Waals surface area contributed by atoms with E-state index in [-0.39, 0.29) is 17.8 Å². The Labute approximate surface area is 95.4 Å². The first kappa shape index (κ1) is 11.5. The van der Waals surface area contributed by atoms with Crippen molar-refractivity contribution in [3.05, 3.63) is 21.6 Å². The zero-order valence-corrected chi connectivity index (χ0v) is 10.2. The molecule has 0 aliphatic carbocycles. The molecule has 0 unspecified atom stereocenters. The molecule has 1 aromatic rings. The van der Waals surface area contributed by atoms with Crippen LogP contribution in [0, 0.1) is 5.92 Å². The van der Waals surface area contributed by atoms with Gasteiger partial charge in [-0.1, -0.05) is 20.8 Å². The van der Waals surface area contributed by atoms with Crippen molar-refractivity contribution in [2.75, 3.05) is 0 Å².